The molecule has 35 heavy (non-hydrogen) atoms. The third kappa shape index (κ3) is 4.34. The molecule has 0 saturated carbocycles. The number of aromatic nitrogens is 1. The molecule has 174 valence electrons. The van der Waals surface area contributed by atoms with E-state index in [-0.39, 0.29) is 5.91 Å². The monoisotopic (exact) mass is 464 g/mol. The van der Waals surface area contributed by atoms with Crippen molar-refractivity contribution < 1.29 is 18.7 Å². The maximum Gasteiger partial charge on any atom is 0.248 e. The first-order chi connectivity index (χ1) is 17.1. The number of hydrogen-bond acceptors (Lipinski definition) is 5. The van der Waals surface area contributed by atoms with E-state index >= 15 is 0 Å². The number of furan rings is 1. The van der Waals surface area contributed by atoms with Crippen LogP contribution in [0.1, 0.15) is 12.5 Å². The molecule has 1 N–H and O–H groups in total. The number of allylic oxidation sites excluding steroid dienone is 1. The minimum atomic E-state index is -0.233. The number of carbonyl (C=O) groups excluding carboxylic acids is 1. The summed E-state index contributed by atoms with van der Waals surface area (Å²) in [6.45, 7) is 1.89. The highest BCUT2D eigenvalue weighted by atomic mass is 16.5. The average Bonchev–Trinajstić information content (AvgIpc) is 3.31. The second-order valence-corrected chi connectivity index (χ2v) is 8.12. The minimum Gasteiger partial charge on any atom is -0.497 e. The Morgan fingerprint density at radius 2 is 1.80 bits per heavy atom. The third-order valence-corrected chi connectivity index (χ3v) is 5.97. The van der Waals surface area contributed by atoms with Crippen LogP contribution in [0.3, 0.4) is 0 Å². The molecule has 5 rings (SSSR count). The Labute approximate surface area is 202 Å². The number of methoxy groups -OCH3 is 2. The van der Waals surface area contributed by atoms with Crippen LogP contribution in [0.2, 0.25) is 0 Å². The zero-order valence-electron chi connectivity index (χ0n) is 19.7. The van der Waals surface area contributed by atoms with Crippen molar-refractivity contribution in [3.05, 3.63) is 90.8 Å². The lowest BCUT2D eigenvalue weighted by Gasteiger charge is -2.11. The second kappa shape index (κ2) is 9.35. The van der Waals surface area contributed by atoms with E-state index in [2.05, 4.69) is 10.3 Å². The summed E-state index contributed by atoms with van der Waals surface area (Å²) in [6, 6.07) is 21.1. The SMILES string of the molecule is COc1ccc(-c2coc3cc(OC)c(/C(C)=C/C(=O)Nc4cccc5ncccc45)cc23)cc1. The van der Waals surface area contributed by atoms with Gasteiger partial charge in [-0.05, 0) is 60.5 Å². The van der Waals surface area contributed by atoms with Crippen molar-refractivity contribution in [3.8, 4) is 22.6 Å². The molecule has 0 radical (unpaired) electrons. The van der Waals surface area contributed by atoms with Gasteiger partial charge in [0.25, 0.3) is 0 Å². The molecule has 0 bridgehead atoms. The van der Waals surface area contributed by atoms with E-state index in [1.807, 2.05) is 73.7 Å². The Morgan fingerprint density at radius 3 is 2.57 bits per heavy atom. The fraction of sp³-hybridized carbons (Fsp3) is 0.103. The van der Waals surface area contributed by atoms with Crippen molar-refractivity contribution in [2.75, 3.05) is 19.5 Å². The van der Waals surface area contributed by atoms with E-state index in [9.17, 15) is 4.79 Å². The van der Waals surface area contributed by atoms with Gasteiger partial charge in [0.15, 0.2) is 0 Å². The largest absolute Gasteiger partial charge is 0.497 e. The van der Waals surface area contributed by atoms with Gasteiger partial charge in [-0.1, -0.05) is 18.2 Å². The minimum absolute atomic E-state index is 0.233. The van der Waals surface area contributed by atoms with Crippen LogP contribution in [0.5, 0.6) is 11.5 Å². The lowest BCUT2D eigenvalue weighted by Crippen LogP contribution is -2.09. The van der Waals surface area contributed by atoms with E-state index in [1.165, 1.54) is 0 Å². The molecule has 0 spiro atoms. The van der Waals surface area contributed by atoms with E-state index in [1.54, 1.807) is 32.8 Å². The number of hydrogen-bond donors (Lipinski definition) is 1. The Hall–Kier alpha value is -4.58. The topological polar surface area (TPSA) is 73.6 Å². The number of nitrogens with zero attached hydrogens (tertiary/aromatic N) is 1. The number of ether oxygens (including phenoxy) is 2. The zero-order chi connectivity index (χ0) is 24.4. The number of nitrogens with one attached hydrogen (secondary N) is 1. The fourth-order valence-electron chi connectivity index (χ4n) is 4.18. The van der Waals surface area contributed by atoms with Gasteiger partial charge in [0.2, 0.25) is 5.91 Å². The quantitative estimate of drug-likeness (QED) is 0.283. The number of anilines is 1. The van der Waals surface area contributed by atoms with Gasteiger partial charge in [-0.3, -0.25) is 9.78 Å². The van der Waals surface area contributed by atoms with E-state index < -0.39 is 0 Å². The van der Waals surface area contributed by atoms with Crippen LogP contribution in [0.15, 0.2) is 89.7 Å². The normalized spacial score (nSPS) is 11.6. The van der Waals surface area contributed by atoms with Crippen LogP contribution < -0.4 is 14.8 Å². The zero-order valence-corrected chi connectivity index (χ0v) is 19.7. The smallest absolute Gasteiger partial charge is 0.248 e. The summed E-state index contributed by atoms with van der Waals surface area (Å²) in [6.07, 6.45) is 5.04. The highest BCUT2D eigenvalue weighted by Crippen LogP contribution is 2.37. The van der Waals surface area contributed by atoms with Gasteiger partial charge >= 0.3 is 0 Å². The number of pyridine rings is 1. The summed E-state index contributed by atoms with van der Waals surface area (Å²) in [5.74, 6) is 1.18. The Kier molecular flexibility index (Phi) is 5.94. The lowest BCUT2D eigenvalue weighted by molar-refractivity contribution is -0.111. The van der Waals surface area contributed by atoms with E-state index in [0.29, 0.717) is 17.0 Å². The van der Waals surface area contributed by atoms with Crippen LogP contribution in [-0.2, 0) is 4.79 Å². The maximum atomic E-state index is 12.9. The summed E-state index contributed by atoms with van der Waals surface area (Å²) in [5, 5.41) is 4.79. The predicted octanol–water partition coefficient (Wildman–Crippen LogP) is 6.71. The van der Waals surface area contributed by atoms with Crippen molar-refractivity contribution in [1.29, 1.82) is 0 Å². The second-order valence-electron chi connectivity index (χ2n) is 8.12. The van der Waals surface area contributed by atoms with Crippen molar-refractivity contribution in [3.63, 3.8) is 0 Å². The molecule has 0 fully saturated rings. The standard InChI is InChI=1S/C29H24N2O4/c1-18(14-29(32)31-26-8-4-7-25-21(26)6-5-13-30-25)22-15-23-24(17-35-28(23)16-27(22)34-3)19-9-11-20(33-2)12-10-19/h4-17H,1-3H3,(H,31,32)/b18-14+. The molecule has 0 aliphatic rings. The molecule has 6 nitrogen and oxygen atoms in total. The highest BCUT2D eigenvalue weighted by molar-refractivity contribution is 6.09. The van der Waals surface area contributed by atoms with Gasteiger partial charge in [0, 0.05) is 40.2 Å². The summed E-state index contributed by atoms with van der Waals surface area (Å²) in [7, 11) is 3.25. The lowest BCUT2D eigenvalue weighted by atomic mass is 9.99. The molecule has 5 aromatic rings. The summed E-state index contributed by atoms with van der Waals surface area (Å²) in [4.78, 5) is 17.3. The molecule has 0 unspecified atom stereocenters. The van der Waals surface area contributed by atoms with E-state index in [0.717, 1.165) is 44.3 Å². The van der Waals surface area contributed by atoms with Gasteiger partial charge in [-0.2, -0.15) is 0 Å². The van der Waals surface area contributed by atoms with Gasteiger partial charge in [0.1, 0.15) is 17.1 Å². The van der Waals surface area contributed by atoms with Gasteiger partial charge < -0.3 is 19.2 Å². The summed E-state index contributed by atoms with van der Waals surface area (Å²) in [5.41, 5.74) is 5.77. The number of fused-ring (bicyclic) bond motifs is 2. The summed E-state index contributed by atoms with van der Waals surface area (Å²) >= 11 is 0. The molecule has 0 aliphatic carbocycles. The van der Waals surface area contributed by atoms with Crippen LogP contribution in [-0.4, -0.2) is 25.1 Å². The summed E-state index contributed by atoms with van der Waals surface area (Å²) < 4.78 is 16.7. The number of amides is 1. The number of benzene rings is 3. The Balaban J connectivity index is 1.50. The van der Waals surface area contributed by atoms with Gasteiger partial charge in [-0.25, -0.2) is 0 Å². The molecule has 0 saturated heterocycles. The van der Waals surface area contributed by atoms with Crippen LogP contribution in [0.25, 0.3) is 38.6 Å². The van der Waals surface area contributed by atoms with Crippen molar-refractivity contribution in [2.45, 2.75) is 6.92 Å². The predicted molar refractivity (Wildman–Crippen MR) is 139 cm³/mol. The van der Waals surface area contributed by atoms with Gasteiger partial charge in [-0.15, -0.1) is 0 Å². The van der Waals surface area contributed by atoms with Crippen molar-refractivity contribution in [2.24, 2.45) is 0 Å². The van der Waals surface area contributed by atoms with Crippen molar-refractivity contribution in [1.82, 2.24) is 4.98 Å². The van der Waals surface area contributed by atoms with Crippen LogP contribution in [0.4, 0.5) is 5.69 Å². The highest BCUT2D eigenvalue weighted by Gasteiger charge is 2.15. The first-order valence-electron chi connectivity index (χ1n) is 11.1. The fourth-order valence-corrected chi connectivity index (χ4v) is 4.18. The molecule has 6 heteroatoms. The molecule has 1 amide bonds. The Morgan fingerprint density at radius 1 is 0.971 bits per heavy atom. The van der Waals surface area contributed by atoms with Crippen LogP contribution >= 0.6 is 0 Å². The first-order valence-corrected chi connectivity index (χ1v) is 11.1. The molecule has 0 atom stereocenters. The van der Waals surface area contributed by atoms with Crippen molar-refractivity contribution >= 4 is 39.0 Å². The van der Waals surface area contributed by atoms with Gasteiger partial charge in [0.05, 0.1) is 31.7 Å². The molecular formula is C29H24N2O4. The third-order valence-electron chi connectivity index (χ3n) is 5.97. The number of rotatable bonds is 6. The first kappa shape index (κ1) is 22.2. The number of carbonyl (C=O) groups is 1. The van der Waals surface area contributed by atoms with Crippen LogP contribution in [0, 0.1) is 0 Å². The molecule has 2 aromatic heterocycles. The molecular weight excluding hydrogens is 440 g/mol. The molecule has 0 aliphatic heterocycles. The molecule has 2 heterocycles. The molecule has 3 aromatic carbocycles. The van der Waals surface area contributed by atoms with E-state index in [4.69, 9.17) is 13.9 Å². The average molecular weight is 465 g/mol. The Bertz CT molecular complexity index is 1560. The maximum absolute atomic E-state index is 12.9.